The molecule has 0 spiro atoms. The first-order chi connectivity index (χ1) is 7.81. The van der Waals surface area contributed by atoms with Crippen LogP contribution in [0.25, 0.3) is 0 Å². The summed E-state index contributed by atoms with van der Waals surface area (Å²) in [6.45, 7) is 5.04. The van der Waals surface area contributed by atoms with Crippen LogP contribution in [0.4, 0.5) is 0 Å². The van der Waals surface area contributed by atoms with Crippen molar-refractivity contribution in [2.75, 3.05) is 13.1 Å². The van der Waals surface area contributed by atoms with Crippen molar-refractivity contribution in [3.8, 4) is 0 Å². The minimum absolute atomic E-state index is 0.234. The lowest BCUT2D eigenvalue weighted by molar-refractivity contribution is -0.112. The lowest BCUT2D eigenvalue weighted by atomic mass is 10.00. The summed E-state index contributed by atoms with van der Waals surface area (Å²) in [7, 11) is 0. The van der Waals surface area contributed by atoms with Gasteiger partial charge < -0.3 is 4.79 Å². The van der Waals surface area contributed by atoms with Crippen molar-refractivity contribution < 1.29 is 4.79 Å². The summed E-state index contributed by atoms with van der Waals surface area (Å²) in [4.78, 5) is 17.7. The molecule has 1 fully saturated rings. The van der Waals surface area contributed by atoms with Gasteiger partial charge in [-0.2, -0.15) is 0 Å². The van der Waals surface area contributed by atoms with Gasteiger partial charge in [-0.15, -0.1) is 11.3 Å². The molecular weight excluding hydrogens is 220 g/mol. The van der Waals surface area contributed by atoms with Gasteiger partial charge in [0.2, 0.25) is 0 Å². The number of hydrogen-bond donors (Lipinski definition) is 0. The second-order valence-electron chi connectivity index (χ2n) is 4.36. The highest BCUT2D eigenvalue weighted by Crippen LogP contribution is 2.18. The molecule has 0 bridgehead atoms. The van der Waals surface area contributed by atoms with Gasteiger partial charge in [-0.1, -0.05) is 6.92 Å². The van der Waals surface area contributed by atoms with E-state index in [1.54, 1.807) is 11.3 Å². The Balaban J connectivity index is 1.91. The van der Waals surface area contributed by atoms with Gasteiger partial charge in [0.15, 0.2) is 0 Å². The monoisotopic (exact) mass is 238 g/mol. The summed E-state index contributed by atoms with van der Waals surface area (Å²) in [6, 6.07) is 0. The molecule has 0 aliphatic carbocycles. The fraction of sp³-hybridized carbons (Fsp3) is 0.667. The van der Waals surface area contributed by atoms with Gasteiger partial charge in [0, 0.05) is 24.4 Å². The predicted octanol–water partition coefficient (Wildman–Crippen LogP) is 2.12. The van der Waals surface area contributed by atoms with Crippen molar-refractivity contribution in [2.24, 2.45) is 5.92 Å². The Kier molecular flexibility index (Phi) is 4.07. The molecule has 1 aliphatic rings. The molecule has 2 heterocycles. The zero-order chi connectivity index (χ0) is 11.4. The smallest absolute Gasteiger partial charge is 0.124 e. The summed E-state index contributed by atoms with van der Waals surface area (Å²) in [5.41, 5.74) is 1.16. The number of carbonyl (C=O) groups excluding carboxylic acids is 1. The van der Waals surface area contributed by atoms with Crippen molar-refractivity contribution >= 4 is 17.6 Å². The number of carbonyl (C=O) groups is 1. The van der Waals surface area contributed by atoms with Crippen LogP contribution < -0.4 is 0 Å². The number of rotatable bonds is 4. The van der Waals surface area contributed by atoms with Crippen LogP contribution in [-0.2, 0) is 17.8 Å². The predicted molar refractivity (Wildman–Crippen MR) is 65.6 cm³/mol. The quantitative estimate of drug-likeness (QED) is 0.753. The third kappa shape index (κ3) is 2.89. The Morgan fingerprint density at radius 1 is 1.69 bits per heavy atom. The van der Waals surface area contributed by atoms with Gasteiger partial charge in [0.05, 0.1) is 10.7 Å². The van der Waals surface area contributed by atoms with Crippen LogP contribution in [0.3, 0.4) is 0 Å². The molecule has 1 saturated heterocycles. The molecule has 1 aliphatic heterocycles. The Labute approximate surface area is 100 Å². The molecule has 88 valence electrons. The molecule has 3 nitrogen and oxygen atoms in total. The van der Waals surface area contributed by atoms with Crippen LogP contribution >= 0.6 is 11.3 Å². The van der Waals surface area contributed by atoms with Crippen LogP contribution in [-0.4, -0.2) is 29.3 Å². The summed E-state index contributed by atoms with van der Waals surface area (Å²) >= 11 is 1.74. The molecule has 1 unspecified atom stereocenters. The molecule has 4 heteroatoms. The highest BCUT2D eigenvalue weighted by molar-refractivity contribution is 7.09. The normalized spacial score (nSPS) is 22.2. The molecule has 0 radical (unpaired) electrons. The Morgan fingerprint density at radius 3 is 3.25 bits per heavy atom. The number of likely N-dealkylation sites (tertiary alicyclic amines) is 1. The molecule has 0 saturated carbocycles. The lowest BCUT2D eigenvalue weighted by Gasteiger charge is -2.29. The summed E-state index contributed by atoms with van der Waals surface area (Å²) < 4.78 is 0. The van der Waals surface area contributed by atoms with Gasteiger partial charge in [-0.25, -0.2) is 4.98 Å². The van der Waals surface area contributed by atoms with Crippen molar-refractivity contribution in [2.45, 2.75) is 32.7 Å². The third-order valence-electron chi connectivity index (χ3n) is 3.02. The van der Waals surface area contributed by atoms with E-state index < -0.39 is 0 Å². The number of aldehydes is 1. The van der Waals surface area contributed by atoms with E-state index in [9.17, 15) is 4.79 Å². The fourth-order valence-electron chi connectivity index (χ4n) is 2.16. The molecule has 2 rings (SSSR count). The van der Waals surface area contributed by atoms with E-state index in [-0.39, 0.29) is 5.92 Å². The number of aryl methyl sites for hydroxylation is 1. The van der Waals surface area contributed by atoms with E-state index in [2.05, 4.69) is 22.2 Å². The molecule has 16 heavy (non-hydrogen) atoms. The molecule has 1 aromatic rings. The van der Waals surface area contributed by atoms with Gasteiger partial charge in [-0.3, -0.25) is 4.90 Å². The van der Waals surface area contributed by atoms with E-state index in [4.69, 9.17) is 0 Å². The van der Waals surface area contributed by atoms with Crippen molar-refractivity contribution in [3.05, 3.63) is 16.1 Å². The first-order valence-corrected chi connectivity index (χ1v) is 6.80. The van der Waals surface area contributed by atoms with Gasteiger partial charge >= 0.3 is 0 Å². The topological polar surface area (TPSA) is 33.2 Å². The van der Waals surface area contributed by atoms with Crippen molar-refractivity contribution in [1.82, 2.24) is 9.88 Å². The summed E-state index contributed by atoms with van der Waals surface area (Å²) in [6.07, 6.45) is 4.30. The van der Waals surface area contributed by atoms with Crippen LogP contribution in [0.5, 0.6) is 0 Å². The van der Waals surface area contributed by atoms with Crippen LogP contribution in [0.15, 0.2) is 5.38 Å². The molecule has 0 amide bonds. The van der Waals surface area contributed by atoms with Gasteiger partial charge in [0.25, 0.3) is 0 Å². The highest BCUT2D eigenvalue weighted by atomic mass is 32.1. The van der Waals surface area contributed by atoms with Crippen LogP contribution in [0.2, 0.25) is 0 Å². The number of piperidine rings is 1. The number of thiazole rings is 1. The minimum atomic E-state index is 0.234. The Hall–Kier alpha value is -0.740. The summed E-state index contributed by atoms with van der Waals surface area (Å²) in [5.74, 6) is 0.234. The zero-order valence-electron chi connectivity index (χ0n) is 9.69. The second kappa shape index (κ2) is 5.55. The fourth-order valence-corrected chi connectivity index (χ4v) is 2.89. The molecular formula is C12H18N2OS. The minimum Gasteiger partial charge on any atom is -0.303 e. The third-order valence-corrected chi connectivity index (χ3v) is 4.06. The maximum atomic E-state index is 10.8. The van der Waals surface area contributed by atoms with E-state index in [0.717, 1.165) is 50.9 Å². The van der Waals surface area contributed by atoms with Crippen molar-refractivity contribution in [3.63, 3.8) is 0 Å². The van der Waals surface area contributed by atoms with Gasteiger partial charge in [0.1, 0.15) is 6.29 Å². The SMILES string of the molecule is CCc1nc(CN2CCCC(C=O)C2)cs1. The molecule has 1 atom stereocenters. The number of hydrogen-bond acceptors (Lipinski definition) is 4. The second-order valence-corrected chi connectivity index (χ2v) is 5.30. The Morgan fingerprint density at radius 2 is 2.56 bits per heavy atom. The number of nitrogens with zero attached hydrogens (tertiary/aromatic N) is 2. The maximum absolute atomic E-state index is 10.8. The van der Waals surface area contributed by atoms with E-state index in [1.165, 1.54) is 5.01 Å². The van der Waals surface area contributed by atoms with Crippen LogP contribution in [0, 0.1) is 5.92 Å². The average Bonchev–Trinajstić information content (AvgIpc) is 2.77. The zero-order valence-corrected chi connectivity index (χ0v) is 10.5. The standard InChI is InChI=1S/C12H18N2OS/c1-2-12-13-11(9-16-12)7-14-5-3-4-10(6-14)8-15/h8-10H,2-7H2,1H3. The number of aromatic nitrogens is 1. The molecule has 0 aromatic carbocycles. The largest absolute Gasteiger partial charge is 0.303 e. The summed E-state index contributed by atoms with van der Waals surface area (Å²) in [5, 5.41) is 3.35. The highest BCUT2D eigenvalue weighted by Gasteiger charge is 2.19. The first kappa shape index (κ1) is 11.7. The molecule has 0 N–H and O–H groups in total. The molecule has 1 aromatic heterocycles. The van der Waals surface area contributed by atoms with Crippen LogP contribution in [0.1, 0.15) is 30.5 Å². The van der Waals surface area contributed by atoms with E-state index in [0.29, 0.717) is 0 Å². The Bertz CT molecular complexity index is 351. The van der Waals surface area contributed by atoms with E-state index in [1.807, 2.05) is 0 Å². The lowest BCUT2D eigenvalue weighted by Crippen LogP contribution is -2.35. The van der Waals surface area contributed by atoms with E-state index >= 15 is 0 Å². The first-order valence-electron chi connectivity index (χ1n) is 5.92. The maximum Gasteiger partial charge on any atom is 0.124 e. The van der Waals surface area contributed by atoms with Gasteiger partial charge in [-0.05, 0) is 25.8 Å². The average molecular weight is 238 g/mol. The van der Waals surface area contributed by atoms with Crippen molar-refractivity contribution in [1.29, 1.82) is 0 Å².